The van der Waals surface area contributed by atoms with Crippen molar-refractivity contribution in [2.75, 3.05) is 7.11 Å². The summed E-state index contributed by atoms with van der Waals surface area (Å²) in [6.07, 6.45) is -3.70. The Labute approximate surface area is 94.1 Å². The number of carbonyl (C=O) groups excluding carboxylic acids is 1. The van der Waals surface area contributed by atoms with Gasteiger partial charge in [0.1, 0.15) is 11.7 Å². The molecule has 6 nitrogen and oxygen atoms in total. The van der Waals surface area contributed by atoms with E-state index in [0.29, 0.717) is 0 Å². The number of carbonyl (C=O) groups is 1. The van der Waals surface area contributed by atoms with Crippen molar-refractivity contribution in [1.82, 2.24) is 0 Å². The monoisotopic (exact) mass is 234 g/mol. The molecular formula is C10H18O6. The van der Waals surface area contributed by atoms with Gasteiger partial charge in [-0.05, 0) is 13.8 Å². The Morgan fingerprint density at radius 3 is 2.50 bits per heavy atom. The van der Waals surface area contributed by atoms with E-state index in [2.05, 4.69) is 0 Å². The average Bonchev–Trinajstić information content (AvgIpc) is 2.14. The van der Waals surface area contributed by atoms with Crippen molar-refractivity contribution in [2.45, 2.75) is 51.0 Å². The topological polar surface area (TPSA) is 85.2 Å². The lowest BCUT2D eigenvalue weighted by Crippen LogP contribution is -2.65. The van der Waals surface area contributed by atoms with E-state index in [1.54, 1.807) is 6.92 Å². The lowest BCUT2D eigenvalue weighted by atomic mass is 9.86. The molecule has 1 heterocycles. The molecule has 0 bridgehead atoms. The maximum atomic E-state index is 10.9. The molecule has 0 aromatic heterocycles. The molecule has 0 aromatic rings. The van der Waals surface area contributed by atoms with Crippen LogP contribution in [0.4, 0.5) is 0 Å². The molecule has 1 rings (SSSR count). The van der Waals surface area contributed by atoms with Gasteiger partial charge < -0.3 is 24.4 Å². The van der Waals surface area contributed by atoms with E-state index < -0.39 is 36.2 Å². The first-order valence-electron chi connectivity index (χ1n) is 5.06. The first kappa shape index (κ1) is 13.4. The van der Waals surface area contributed by atoms with Gasteiger partial charge in [-0.15, -0.1) is 0 Å². The van der Waals surface area contributed by atoms with Gasteiger partial charge in [0.15, 0.2) is 6.10 Å². The summed E-state index contributed by atoms with van der Waals surface area (Å²) in [4.78, 5) is 10.9. The third kappa shape index (κ3) is 2.35. The largest absolute Gasteiger partial charge is 0.433 e. The highest BCUT2D eigenvalue weighted by Crippen LogP contribution is 2.31. The van der Waals surface area contributed by atoms with Gasteiger partial charge in [-0.1, -0.05) is 0 Å². The zero-order valence-electron chi connectivity index (χ0n) is 9.84. The zero-order chi connectivity index (χ0) is 12.5. The van der Waals surface area contributed by atoms with Crippen LogP contribution in [0.5, 0.6) is 0 Å². The van der Waals surface area contributed by atoms with Gasteiger partial charge in [0.25, 0.3) is 0 Å². The Morgan fingerprint density at radius 2 is 2.06 bits per heavy atom. The molecule has 94 valence electrons. The molecule has 1 fully saturated rings. The van der Waals surface area contributed by atoms with Crippen molar-refractivity contribution in [3.8, 4) is 0 Å². The minimum Gasteiger partial charge on any atom is -0.433 e. The van der Waals surface area contributed by atoms with Crippen LogP contribution in [0.15, 0.2) is 0 Å². The third-order valence-electron chi connectivity index (χ3n) is 2.75. The van der Waals surface area contributed by atoms with Crippen LogP contribution in [0.3, 0.4) is 0 Å². The molecule has 0 saturated carbocycles. The quantitative estimate of drug-likeness (QED) is 0.622. The Kier molecular flexibility index (Phi) is 3.90. The van der Waals surface area contributed by atoms with Crippen molar-refractivity contribution < 1.29 is 29.2 Å². The summed E-state index contributed by atoms with van der Waals surface area (Å²) in [5.41, 5.74) is -1.54. The molecule has 6 heteroatoms. The molecule has 1 aliphatic rings. The fourth-order valence-electron chi connectivity index (χ4n) is 1.88. The standard InChI is InChI=1S/C10H18O6/c1-5-7(12)10(3,13)8(14-4)9(15-5)16-6(2)11/h5,7-9,12-13H,1-4H3/t5-,7+,8-,9-,10+/m1/s1. The summed E-state index contributed by atoms with van der Waals surface area (Å²) >= 11 is 0. The Bertz CT molecular complexity index is 264. The summed E-state index contributed by atoms with van der Waals surface area (Å²) in [6, 6.07) is 0. The molecule has 1 aliphatic heterocycles. The Balaban J connectivity index is 2.89. The zero-order valence-corrected chi connectivity index (χ0v) is 9.84. The predicted molar refractivity (Wildman–Crippen MR) is 53.5 cm³/mol. The summed E-state index contributed by atoms with van der Waals surface area (Å²) in [6.45, 7) is 4.24. The van der Waals surface area contributed by atoms with Gasteiger partial charge in [-0.3, -0.25) is 4.79 Å². The second kappa shape index (κ2) is 4.67. The molecule has 0 unspecified atom stereocenters. The lowest BCUT2D eigenvalue weighted by molar-refractivity contribution is -0.317. The van der Waals surface area contributed by atoms with Crippen LogP contribution >= 0.6 is 0 Å². The van der Waals surface area contributed by atoms with Gasteiger partial charge in [-0.25, -0.2) is 0 Å². The van der Waals surface area contributed by atoms with E-state index in [0.717, 1.165) is 0 Å². The molecule has 5 atom stereocenters. The fourth-order valence-corrected chi connectivity index (χ4v) is 1.88. The van der Waals surface area contributed by atoms with Gasteiger partial charge in [0.2, 0.25) is 6.29 Å². The van der Waals surface area contributed by atoms with Crippen LogP contribution < -0.4 is 0 Å². The van der Waals surface area contributed by atoms with Gasteiger partial charge in [0, 0.05) is 14.0 Å². The van der Waals surface area contributed by atoms with Crippen molar-refractivity contribution >= 4 is 5.97 Å². The van der Waals surface area contributed by atoms with E-state index in [9.17, 15) is 15.0 Å². The second-order valence-corrected chi connectivity index (χ2v) is 4.15. The second-order valence-electron chi connectivity index (χ2n) is 4.15. The van der Waals surface area contributed by atoms with Crippen LogP contribution in [-0.4, -0.2) is 53.5 Å². The molecule has 0 spiro atoms. The maximum Gasteiger partial charge on any atom is 0.305 e. The molecule has 1 saturated heterocycles. The molecule has 16 heavy (non-hydrogen) atoms. The molecule has 0 aromatic carbocycles. The number of methoxy groups -OCH3 is 1. The number of rotatable bonds is 2. The lowest BCUT2D eigenvalue weighted by Gasteiger charge is -2.46. The molecule has 0 aliphatic carbocycles. The molecule has 2 N–H and O–H groups in total. The summed E-state index contributed by atoms with van der Waals surface area (Å²) < 4.78 is 15.2. The van der Waals surface area contributed by atoms with Gasteiger partial charge in [0.05, 0.1) is 6.10 Å². The van der Waals surface area contributed by atoms with E-state index in [4.69, 9.17) is 14.2 Å². The minimum atomic E-state index is -1.54. The molecule has 0 radical (unpaired) electrons. The van der Waals surface area contributed by atoms with Crippen molar-refractivity contribution in [2.24, 2.45) is 0 Å². The smallest absolute Gasteiger partial charge is 0.305 e. The normalized spacial score (nSPS) is 44.1. The number of ether oxygens (including phenoxy) is 3. The summed E-state index contributed by atoms with van der Waals surface area (Å²) in [5.74, 6) is -0.536. The van der Waals surface area contributed by atoms with Crippen LogP contribution in [0.25, 0.3) is 0 Å². The number of hydrogen-bond acceptors (Lipinski definition) is 6. The Morgan fingerprint density at radius 1 is 1.50 bits per heavy atom. The van der Waals surface area contributed by atoms with E-state index in [1.165, 1.54) is 21.0 Å². The van der Waals surface area contributed by atoms with Crippen molar-refractivity contribution in [3.05, 3.63) is 0 Å². The number of esters is 1. The number of hydrogen-bond donors (Lipinski definition) is 2. The SMILES string of the molecule is CO[C@@H]1[C@@H](OC(C)=O)O[C@H](C)[C@H](O)[C@]1(C)O. The fraction of sp³-hybridized carbons (Fsp3) is 0.900. The number of aliphatic hydroxyl groups is 2. The van der Waals surface area contributed by atoms with E-state index >= 15 is 0 Å². The van der Waals surface area contributed by atoms with Crippen LogP contribution in [0, 0.1) is 0 Å². The minimum absolute atomic E-state index is 0.536. The highest BCUT2D eigenvalue weighted by molar-refractivity contribution is 5.66. The Hall–Kier alpha value is -0.690. The molecule has 0 amide bonds. The van der Waals surface area contributed by atoms with E-state index in [-0.39, 0.29) is 0 Å². The van der Waals surface area contributed by atoms with Gasteiger partial charge in [-0.2, -0.15) is 0 Å². The third-order valence-corrected chi connectivity index (χ3v) is 2.75. The summed E-state index contributed by atoms with van der Waals surface area (Å²) in [5, 5.41) is 19.9. The summed E-state index contributed by atoms with van der Waals surface area (Å²) in [7, 11) is 1.35. The first-order valence-corrected chi connectivity index (χ1v) is 5.06. The highest BCUT2D eigenvalue weighted by atomic mass is 16.7. The van der Waals surface area contributed by atoms with Crippen LogP contribution in [-0.2, 0) is 19.0 Å². The predicted octanol–water partition coefficient (Wildman–Crippen LogP) is -0.579. The average molecular weight is 234 g/mol. The number of aliphatic hydroxyl groups excluding tert-OH is 1. The van der Waals surface area contributed by atoms with Crippen LogP contribution in [0.1, 0.15) is 20.8 Å². The van der Waals surface area contributed by atoms with Crippen LogP contribution in [0.2, 0.25) is 0 Å². The van der Waals surface area contributed by atoms with Crippen molar-refractivity contribution in [1.29, 1.82) is 0 Å². The maximum absolute atomic E-state index is 10.9. The van der Waals surface area contributed by atoms with Gasteiger partial charge >= 0.3 is 5.97 Å². The van der Waals surface area contributed by atoms with Crippen molar-refractivity contribution in [3.63, 3.8) is 0 Å². The molecular weight excluding hydrogens is 216 g/mol. The first-order chi connectivity index (χ1) is 7.30. The van der Waals surface area contributed by atoms with E-state index in [1.807, 2.05) is 0 Å². The highest BCUT2D eigenvalue weighted by Gasteiger charge is 2.53.